The molecule has 0 aromatic heterocycles. The molecule has 1 aromatic carbocycles. The van der Waals surface area contributed by atoms with Crippen LogP contribution in [0, 0.1) is 0 Å². The molecule has 1 rings (SSSR count). The smallest absolute Gasteiger partial charge is 0.319 e. The minimum atomic E-state index is -0.192. The summed E-state index contributed by atoms with van der Waals surface area (Å²) in [7, 11) is 5.45. The van der Waals surface area contributed by atoms with Crippen molar-refractivity contribution in [2.24, 2.45) is 0 Å². The Morgan fingerprint density at radius 3 is 2.09 bits per heavy atom. The third-order valence-corrected chi connectivity index (χ3v) is 3.76. The number of hydrogen-bond donors (Lipinski definition) is 0. The molecule has 0 N–H and O–H groups in total. The van der Waals surface area contributed by atoms with Crippen LogP contribution in [-0.2, 0) is 21.5 Å². The molecular weight excluding hydrogens is 276 g/mol. The van der Waals surface area contributed by atoms with Gasteiger partial charge in [-0.3, -0.25) is 9.69 Å². The van der Waals surface area contributed by atoms with Crippen LogP contribution < -0.4 is 0 Å². The Morgan fingerprint density at radius 2 is 1.59 bits per heavy atom. The number of likely N-dealkylation sites (N-methyl/N-ethyl adjacent to an activating group) is 2. The molecule has 0 heterocycles. The van der Waals surface area contributed by atoms with Crippen molar-refractivity contribution in [1.29, 1.82) is 0 Å². The summed E-state index contributed by atoms with van der Waals surface area (Å²) in [5.74, 6) is -0.192. The first-order valence-electron chi connectivity index (χ1n) is 7.75. The van der Waals surface area contributed by atoms with Gasteiger partial charge in [-0.25, -0.2) is 0 Å². The number of carbonyl (C=O) groups excluding carboxylic acids is 1. The molecule has 0 atom stereocenters. The number of esters is 1. The monoisotopic (exact) mass is 306 g/mol. The molecule has 0 bridgehead atoms. The number of hydrogen-bond acceptors (Lipinski definition) is 4. The fourth-order valence-corrected chi connectivity index (χ4v) is 2.21. The minimum absolute atomic E-state index is 0.192. The van der Waals surface area contributed by atoms with Crippen molar-refractivity contribution in [1.82, 2.24) is 9.80 Å². The first-order valence-corrected chi connectivity index (χ1v) is 7.75. The first kappa shape index (κ1) is 18.7. The summed E-state index contributed by atoms with van der Waals surface area (Å²) in [5, 5.41) is 0. The number of nitrogens with zero attached hydrogens (tertiary/aromatic N) is 2. The molecular formula is C18H30N2O2. The molecule has 4 heteroatoms. The Hall–Kier alpha value is -1.39. The molecule has 0 fully saturated rings. The SMILES string of the molecule is COC(=O)CN(C)CCN(C)Cc1ccc(C(C)(C)C)cc1. The van der Waals surface area contributed by atoms with E-state index in [0.29, 0.717) is 6.54 Å². The Kier molecular flexibility index (Phi) is 7.04. The molecule has 0 aliphatic rings. The molecule has 0 saturated carbocycles. The van der Waals surface area contributed by atoms with Crippen LogP contribution in [0.2, 0.25) is 0 Å². The van der Waals surface area contributed by atoms with E-state index < -0.39 is 0 Å². The molecule has 22 heavy (non-hydrogen) atoms. The van der Waals surface area contributed by atoms with Crippen molar-refractivity contribution in [3.05, 3.63) is 35.4 Å². The highest BCUT2D eigenvalue weighted by atomic mass is 16.5. The van der Waals surface area contributed by atoms with Crippen molar-refractivity contribution in [3.63, 3.8) is 0 Å². The Balaban J connectivity index is 2.42. The molecule has 0 saturated heterocycles. The quantitative estimate of drug-likeness (QED) is 0.725. The summed E-state index contributed by atoms with van der Waals surface area (Å²) in [5.41, 5.74) is 2.86. The van der Waals surface area contributed by atoms with E-state index in [2.05, 4.69) is 61.7 Å². The second-order valence-corrected chi connectivity index (χ2v) is 7.00. The lowest BCUT2D eigenvalue weighted by molar-refractivity contribution is -0.141. The van der Waals surface area contributed by atoms with Gasteiger partial charge in [0.1, 0.15) is 0 Å². The maximum atomic E-state index is 11.2. The summed E-state index contributed by atoms with van der Waals surface area (Å²) >= 11 is 0. The van der Waals surface area contributed by atoms with E-state index in [1.54, 1.807) is 0 Å². The van der Waals surface area contributed by atoms with Crippen LogP contribution in [0.3, 0.4) is 0 Å². The van der Waals surface area contributed by atoms with E-state index in [9.17, 15) is 4.79 Å². The number of methoxy groups -OCH3 is 1. The lowest BCUT2D eigenvalue weighted by Crippen LogP contribution is -2.34. The number of carbonyl (C=O) groups is 1. The molecule has 124 valence electrons. The van der Waals surface area contributed by atoms with E-state index in [4.69, 9.17) is 0 Å². The van der Waals surface area contributed by atoms with Crippen molar-refractivity contribution in [3.8, 4) is 0 Å². The topological polar surface area (TPSA) is 32.8 Å². The zero-order chi connectivity index (χ0) is 16.8. The van der Waals surface area contributed by atoms with E-state index in [0.717, 1.165) is 19.6 Å². The minimum Gasteiger partial charge on any atom is -0.468 e. The summed E-state index contributed by atoms with van der Waals surface area (Å²) in [6, 6.07) is 8.84. The maximum absolute atomic E-state index is 11.2. The molecule has 0 amide bonds. The third-order valence-electron chi connectivity index (χ3n) is 3.76. The van der Waals surface area contributed by atoms with Crippen LogP contribution in [-0.4, -0.2) is 56.6 Å². The van der Waals surface area contributed by atoms with E-state index in [1.807, 2.05) is 11.9 Å². The van der Waals surface area contributed by atoms with Gasteiger partial charge in [0, 0.05) is 19.6 Å². The van der Waals surface area contributed by atoms with Crippen LogP contribution in [0.4, 0.5) is 0 Å². The fraction of sp³-hybridized carbons (Fsp3) is 0.611. The van der Waals surface area contributed by atoms with Crippen molar-refractivity contribution >= 4 is 5.97 Å². The Bertz CT molecular complexity index is 463. The predicted molar refractivity (Wildman–Crippen MR) is 91.0 cm³/mol. The normalized spacial score (nSPS) is 12.0. The number of rotatable bonds is 7. The van der Waals surface area contributed by atoms with Gasteiger partial charge >= 0.3 is 5.97 Å². The second-order valence-electron chi connectivity index (χ2n) is 7.00. The average Bonchev–Trinajstić information content (AvgIpc) is 2.44. The molecule has 0 radical (unpaired) electrons. The lowest BCUT2D eigenvalue weighted by atomic mass is 9.87. The van der Waals surface area contributed by atoms with Crippen LogP contribution in [0.1, 0.15) is 31.9 Å². The molecule has 4 nitrogen and oxygen atoms in total. The largest absolute Gasteiger partial charge is 0.468 e. The van der Waals surface area contributed by atoms with Gasteiger partial charge in [-0.1, -0.05) is 45.0 Å². The Labute approximate surface area is 135 Å². The van der Waals surface area contributed by atoms with Crippen LogP contribution in [0.5, 0.6) is 0 Å². The predicted octanol–water partition coefficient (Wildman–Crippen LogP) is 2.52. The lowest BCUT2D eigenvalue weighted by Gasteiger charge is -2.22. The van der Waals surface area contributed by atoms with E-state index in [1.165, 1.54) is 18.2 Å². The van der Waals surface area contributed by atoms with Crippen molar-refractivity contribution in [2.75, 3.05) is 40.8 Å². The Morgan fingerprint density at radius 1 is 1.05 bits per heavy atom. The highest BCUT2D eigenvalue weighted by Crippen LogP contribution is 2.22. The van der Waals surface area contributed by atoms with E-state index >= 15 is 0 Å². The summed E-state index contributed by atoms with van der Waals surface area (Å²) in [4.78, 5) is 15.4. The van der Waals surface area contributed by atoms with Gasteiger partial charge in [0.05, 0.1) is 13.7 Å². The van der Waals surface area contributed by atoms with Gasteiger partial charge in [-0.2, -0.15) is 0 Å². The highest BCUT2D eigenvalue weighted by Gasteiger charge is 2.13. The fourth-order valence-electron chi connectivity index (χ4n) is 2.21. The van der Waals surface area contributed by atoms with Crippen molar-refractivity contribution in [2.45, 2.75) is 32.7 Å². The molecule has 0 aliphatic carbocycles. The van der Waals surface area contributed by atoms with Crippen molar-refractivity contribution < 1.29 is 9.53 Å². The zero-order valence-electron chi connectivity index (χ0n) is 14.8. The molecule has 0 aliphatic heterocycles. The van der Waals surface area contributed by atoms with Crippen LogP contribution >= 0.6 is 0 Å². The standard InChI is InChI=1S/C18H30N2O2/c1-18(2,3)16-9-7-15(8-10-16)13-19(4)11-12-20(5)14-17(21)22-6/h7-10H,11-14H2,1-6H3. The third kappa shape index (κ3) is 6.58. The van der Waals surface area contributed by atoms with Gasteiger partial charge in [0.25, 0.3) is 0 Å². The first-order chi connectivity index (χ1) is 10.2. The van der Waals surface area contributed by atoms with Gasteiger partial charge < -0.3 is 9.64 Å². The van der Waals surface area contributed by atoms with E-state index in [-0.39, 0.29) is 11.4 Å². The maximum Gasteiger partial charge on any atom is 0.319 e. The number of benzene rings is 1. The molecule has 1 aromatic rings. The summed E-state index contributed by atoms with van der Waals surface area (Å²) < 4.78 is 4.67. The van der Waals surface area contributed by atoms with Gasteiger partial charge in [0.15, 0.2) is 0 Å². The number of ether oxygens (including phenoxy) is 1. The van der Waals surface area contributed by atoms with Gasteiger partial charge in [0.2, 0.25) is 0 Å². The average molecular weight is 306 g/mol. The van der Waals surface area contributed by atoms with Crippen LogP contribution in [0.25, 0.3) is 0 Å². The zero-order valence-corrected chi connectivity index (χ0v) is 14.8. The molecule has 0 unspecified atom stereocenters. The highest BCUT2D eigenvalue weighted by molar-refractivity contribution is 5.71. The summed E-state index contributed by atoms with van der Waals surface area (Å²) in [6.07, 6.45) is 0. The second kappa shape index (κ2) is 8.30. The molecule has 0 spiro atoms. The van der Waals surface area contributed by atoms with Gasteiger partial charge in [-0.05, 0) is 30.6 Å². The van der Waals surface area contributed by atoms with Gasteiger partial charge in [-0.15, -0.1) is 0 Å². The summed E-state index contributed by atoms with van der Waals surface area (Å²) in [6.45, 7) is 9.68. The van der Waals surface area contributed by atoms with Crippen LogP contribution in [0.15, 0.2) is 24.3 Å².